The van der Waals surface area contributed by atoms with Crippen molar-refractivity contribution in [3.05, 3.63) is 46.1 Å². The summed E-state index contributed by atoms with van der Waals surface area (Å²) in [4.78, 5) is 28.1. The van der Waals surface area contributed by atoms with Crippen LogP contribution in [-0.2, 0) is 16.0 Å². The van der Waals surface area contributed by atoms with Gasteiger partial charge in [0, 0.05) is 22.0 Å². The number of anilines is 2. The third-order valence-electron chi connectivity index (χ3n) is 3.56. The van der Waals surface area contributed by atoms with Gasteiger partial charge in [-0.05, 0) is 29.6 Å². The second-order valence-corrected chi connectivity index (χ2v) is 7.07. The summed E-state index contributed by atoms with van der Waals surface area (Å²) in [6.07, 6.45) is 0.195. The van der Waals surface area contributed by atoms with Crippen molar-refractivity contribution in [2.24, 2.45) is 0 Å². The number of carbonyl (C=O) groups is 2. The molecule has 8 heteroatoms. The lowest BCUT2D eigenvalue weighted by atomic mass is 10.2. The summed E-state index contributed by atoms with van der Waals surface area (Å²) in [5.74, 6) is 0.224. The van der Waals surface area contributed by atoms with Gasteiger partial charge >= 0.3 is 0 Å². The third-order valence-corrected chi connectivity index (χ3v) is 5.18. The fourth-order valence-electron chi connectivity index (χ4n) is 2.44. The molecule has 0 aliphatic carbocycles. The smallest absolute Gasteiger partial charge is 0.262 e. The highest BCUT2D eigenvalue weighted by Crippen LogP contribution is 2.30. The molecule has 1 aromatic carbocycles. The SMILES string of the molecule is O=C(Cc1csc(-c2ccsc2)n1)Nc1ccc2c(c1)NC(=O)CO2. The highest BCUT2D eigenvalue weighted by atomic mass is 32.1. The average molecular weight is 371 g/mol. The summed E-state index contributed by atoms with van der Waals surface area (Å²) < 4.78 is 5.30. The zero-order chi connectivity index (χ0) is 17.2. The molecule has 25 heavy (non-hydrogen) atoms. The van der Waals surface area contributed by atoms with E-state index in [4.69, 9.17) is 4.74 Å². The molecule has 2 aromatic heterocycles. The summed E-state index contributed by atoms with van der Waals surface area (Å²) >= 11 is 3.14. The van der Waals surface area contributed by atoms with Crippen LogP contribution in [0.25, 0.3) is 10.6 Å². The van der Waals surface area contributed by atoms with Gasteiger partial charge in [-0.25, -0.2) is 4.98 Å². The Morgan fingerprint density at radius 1 is 1.32 bits per heavy atom. The fourth-order valence-corrected chi connectivity index (χ4v) is 3.97. The van der Waals surface area contributed by atoms with Crippen LogP contribution < -0.4 is 15.4 Å². The van der Waals surface area contributed by atoms with E-state index in [-0.39, 0.29) is 24.8 Å². The number of carbonyl (C=O) groups excluding carboxylic acids is 2. The predicted molar refractivity (Wildman–Crippen MR) is 98.3 cm³/mol. The zero-order valence-corrected chi connectivity index (χ0v) is 14.6. The zero-order valence-electron chi connectivity index (χ0n) is 12.9. The number of nitrogens with zero attached hydrogens (tertiary/aromatic N) is 1. The van der Waals surface area contributed by atoms with E-state index in [9.17, 15) is 9.59 Å². The van der Waals surface area contributed by atoms with Gasteiger partial charge < -0.3 is 15.4 Å². The molecule has 0 radical (unpaired) electrons. The number of hydrogen-bond acceptors (Lipinski definition) is 6. The van der Waals surface area contributed by atoms with Crippen molar-refractivity contribution in [3.63, 3.8) is 0 Å². The van der Waals surface area contributed by atoms with E-state index in [0.717, 1.165) is 16.3 Å². The van der Waals surface area contributed by atoms with Crippen LogP contribution >= 0.6 is 22.7 Å². The van der Waals surface area contributed by atoms with Crippen LogP contribution in [0.5, 0.6) is 5.75 Å². The standard InChI is InChI=1S/C17H13N3O3S2/c21-15(6-12-9-25-17(19-12)10-3-4-24-8-10)18-11-1-2-14-13(5-11)20-16(22)7-23-14/h1-5,8-9H,6-7H2,(H,18,21)(H,20,22). The molecule has 0 spiro atoms. The highest BCUT2D eigenvalue weighted by molar-refractivity contribution is 7.14. The van der Waals surface area contributed by atoms with Crippen LogP contribution in [0, 0.1) is 0 Å². The lowest BCUT2D eigenvalue weighted by molar-refractivity contribution is -0.118. The van der Waals surface area contributed by atoms with Crippen molar-refractivity contribution in [3.8, 4) is 16.3 Å². The van der Waals surface area contributed by atoms with Gasteiger partial charge in [0.15, 0.2) is 6.61 Å². The molecular weight excluding hydrogens is 358 g/mol. The molecule has 0 unspecified atom stereocenters. The molecule has 0 saturated carbocycles. The molecule has 2 amide bonds. The van der Waals surface area contributed by atoms with E-state index in [1.54, 1.807) is 29.5 Å². The maximum Gasteiger partial charge on any atom is 0.262 e. The molecule has 3 aromatic rings. The van der Waals surface area contributed by atoms with Gasteiger partial charge in [-0.2, -0.15) is 11.3 Å². The van der Waals surface area contributed by atoms with Crippen LogP contribution in [0.2, 0.25) is 0 Å². The molecule has 126 valence electrons. The van der Waals surface area contributed by atoms with Gasteiger partial charge in [-0.3, -0.25) is 9.59 Å². The molecular formula is C17H13N3O3S2. The first-order chi connectivity index (χ1) is 12.2. The Morgan fingerprint density at radius 2 is 2.24 bits per heavy atom. The van der Waals surface area contributed by atoms with Crippen molar-refractivity contribution in [2.45, 2.75) is 6.42 Å². The molecule has 0 atom stereocenters. The van der Waals surface area contributed by atoms with Gasteiger partial charge in [-0.15, -0.1) is 11.3 Å². The van der Waals surface area contributed by atoms with E-state index >= 15 is 0 Å². The van der Waals surface area contributed by atoms with Gasteiger partial charge in [0.25, 0.3) is 5.91 Å². The minimum absolute atomic E-state index is 0.00892. The fraction of sp³-hybridized carbons (Fsp3) is 0.118. The van der Waals surface area contributed by atoms with Crippen LogP contribution in [0.4, 0.5) is 11.4 Å². The van der Waals surface area contributed by atoms with Crippen LogP contribution in [0.3, 0.4) is 0 Å². The van der Waals surface area contributed by atoms with Crippen LogP contribution in [-0.4, -0.2) is 23.4 Å². The molecule has 3 heterocycles. The molecule has 2 N–H and O–H groups in total. The largest absolute Gasteiger partial charge is 0.482 e. The number of aromatic nitrogens is 1. The number of hydrogen-bond donors (Lipinski definition) is 2. The average Bonchev–Trinajstić information content (AvgIpc) is 3.25. The number of amides is 2. The second-order valence-electron chi connectivity index (χ2n) is 5.43. The predicted octanol–water partition coefficient (Wildman–Crippen LogP) is 3.38. The molecule has 0 fully saturated rings. The first kappa shape index (κ1) is 15.8. The number of thiazole rings is 1. The number of rotatable bonds is 4. The van der Waals surface area contributed by atoms with E-state index in [1.165, 1.54) is 11.3 Å². The number of ether oxygens (including phenoxy) is 1. The number of benzene rings is 1. The first-order valence-electron chi connectivity index (χ1n) is 7.51. The quantitative estimate of drug-likeness (QED) is 0.737. The Morgan fingerprint density at radius 3 is 3.08 bits per heavy atom. The molecule has 1 aliphatic heterocycles. The van der Waals surface area contributed by atoms with Crippen molar-refractivity contribution in [1.29, 1.82) is 0 Å². The van der Waals surface area contributed by atoms with Gasteiger partial charge in [-0.1, -0.05) is 0 Å². The number of thiophene rings is 1. The lowest BCUT2D eigenvalue weighted by Gasteiger charge is -2.18. The van der Waals surface area contributed by atoms with E-state index in [2.05, 4.69) is 15.6 Å². The number of nitrogens with one attached hydrogen (secondary N) is 2. The molecule has 4 rings (SSSR count). The van der Waals surface area contributed by atoms with E-state index in [1.807, 2.05) is 22.2 Å². The molecule has 1 aliphatic rings. The highest BCUT2D eigenvalue weighted by Gasteiger charge is 2.17. The third kappa shape index (κ3) is 3.54. The molecule has 0 bridgehead atoms. The number of fused-ring (bicyclic) bond motifs is 1. The Hall–Kier alpha value is -2.71. The topological polar surface area (TPSA) is 80.3 Å². The Balaban J connectivity index is 1.42. The molecule has 0 saturated heterocycles. The van der Waals surface area contributed by atoms with Crippen LogP contribution in [0.15, 0.2) is 40.4 Å². The van der Waals surface area contributed by atoms with E-state index in [0.29, 0.717) is 17.1 Å². The minimum atomic E-state index is -0.209. The summed E-state index contributed by atoms with van der Waals surface area (Å²) in [6.45, 7) is 0.00892. The maximum absolute atomic E-state index is 12.2. The lowest BCUT2D eigenvalue weighted by Crippen LogP contribution is -2.25. The first-order valence-corrected chi connectivity index (χ1v) is 9.33. The summed E-state index contributed by atoms with van der Waals surface area (Å²) in [5, 5.41) is 12.4. The van der Waals surface area contributed by atoms with Crippen LogP contribution in [0.1, 0.15) is 5.69 Å². The summed E-state index contributed by atoms with van der Waals surface area (Å²) in [6, 6.07) is 7.16. The summed E-state index contributed by atoms with van der Waals surface area (Å²) in [7, 11) is 0. The van der Waals surface area contributed by atoms with E-state index < -0.39 is 0 Å². The Bertz CT molecular complexity index is 935. The van der Waals surface area contributed by atoms with Gasteiger partial charge in [0.05, 0.1) is 17.8 Å². The van der Waals surface area contributed by atoms with Crippen molar-refractivity contribution >= 4 is 45.9 Å². The minimum Gasteiger partial charge on any atom is -0.482 e. The van der Waals surface area contributed by atoms with Crippen molar-refractivity contribution < 1.29 is 14.3 Å². The van der Waals surface area contributed by atoms with Gasteiger partial charge in [0.2, 0.25) is 5.91 Å². The normalized spacial score (nSPS) is 12.9. The summed E-state index contributed by atoms with van der Waals surface area (Å²) in [5.41, 5.74) is 2.97. The second kappa shape index (κ2) is 6.66. The monoisotopic (exact) mass is 371 g/mol. The van der Waals surface area contributed by atoms with Crippen molar-refractivity contribution in [2.75, 3.05) is 17.2 Å². The Labute approximate surface area is 151 Å². The van der Waals surface area contributed by atoms with Gasteiger partial charge in [0.1, 0.15) is 10.8 Å². The Kier molecular flexibility index (Phi) is 4.21. The van der Waals surface area contributed by atoms with Crippen molar-refractivity contribution in [1.82, 2.24) is 4.98 Å². The molecule has 6 nitrogen and oxygen atoms in total. The maximum atomic E-state index is 12.2.